The predicted octanol–water partition coefficient (Wildman–Crippen LogP) is 3.60. The highest BCUT2D eigenvalue weighted by atomic mass is 19.4. The van der Waals surface area contributed by atoms with Gasteiger partial charge in [-0.1, -0.05) is 44.2 Å². The van der Waals surface area contributed by atoms with Gasteiger partial charge in [0, 0.05) is 12.0 Å². The summed E-state index contributed by atoms with van der Waals surface area (Å²) in [6.45, 7) is 3.23. The Morgan fingerprint density at radius 1 is 0.897 bits per heavy atom. The van der Waals surface area contributed by atoms with Gasteiger partial charge in [-0.25, -0.2) is 4.39 Å². The van der Waals surface area contributed by atoms with E-state index in [0.29, 0.717) is 11.1 Å². The second kappa shape index (κ2) is 9.07. The number of carbonyl (C=O) groups is 2. The highest BCUT2D eigenvalue weighted by Crippen LogP contribution is 2.32. The molecule has 4 nitrogen and oxygen atoms in total. The van der Waals surface area contributed by atoms with E-state index in [2.05, 4.69) is 10.6 Å². The Morgan fingerprint density at radius 2 is 1.55 bits per heavy atom. The van der Waals surface area contributed by atoms with Crippen molar-refractivity contribution >= 4 is 11.8 Å². The minimum absolute atomic E-state index is 0.0687. The van der Waals surface area contributed by atoms with Gasteiger partial charge in [0.1, 0.15) is 5.82 Å². The van der Waals surface area contributed by atoms with Gasteiger partial charge in [0.15, 0.2) is 0 Å². The van der Waals surface area contributed by atoms with Gasteiger partial charge in [0.05, 0.1) is 18.5 Å². The van der Waals surface area contributed by atoms with Crippen LogP contribution >= 0.6 is 0 Å². The fraction of sp³-hybridized carbons (Fsp3) is 0.333. The summed E-state index contributed by atoms with van der Waals surface area (Å²) in [6.07, 6.45) is -4.51. The Balaban J connectivity index is 1.85. The first-order valence-electron chi connectivity index (χ1n) is 8.93. The highest BCUT2D eigenvalue weighted by molar-refractivity contribution is 5.85. The fourth-order valence-corrected chi connectivity index (χ4v) is 2.67. The Labute approximate surface area is 166 Å². The number of amides is 2. The molecular weight excluding hydrogens is 388 g/mol. The summed E-state index contributed by atoms with van der Waals surface area (Å²) in [4.78, 5) is 23.9. The molecule has 0 saturated heterocycles. The molecule has 2 amide bonds. The molecule has 0 aliphatic carbocycles. The summed E-state index contributed by atoms with van der Waals surface area (Å²) in [7, 11) is 0. The summed E-state index contributed by atoms with van der Waals surface area (Å²) in [6, 6.07) is 10.5. The molecule has 0 aromatic heterocycles. The lowest BCUT2D eigenvalue weighted by Gasteiger charge is -2.26. The van der Waals surface area contributed by atoms with Crippen LogP contribution in [0.3, 0.4) is 0 Å². The van der Waals surface area contributed by atoms with Crippen LogP contribution < -0.4 is 10.6 Å². The van der Waals surface area contributed by atoms with Crippen LogP contribution in [0.15, 0.2) is 48.5 Å². The number of benzene rings is 2. The number of hydrogen-bond acceptors (Lipinski definition) is 2. The van der Waals surface area contributed by atoms with Crippen molar-refractivity contribution in [3.05, 3.63) is 71.0 Å². The van der Waals surface area contributed by atoms with Crippen molar-refractivity contribution in [1.29, 1.82) is 0 Å². The molecule has 8 heteroatoms. The Bertz CT molecular complexity index is 879. The average molecular weight is 410 g/mol. The van der Waals surface area contributed by atoms with E-state index < -0.39 is 34.8 Å². The van der Waals surface area contributed by atoms with E-state index >= 15 is 0 Å². The van der Waals surface area contributed by atoms with Gasteiger partial charge in [-0.15, -0.1) is 0 Å². The zero-order valence-electron chi connectivity index (χ0n) is 16.1. The molecule has 2 N–H and O–H groups in total. The summed E-state index contributed by atoms with van der Waals surface area (Å²) in [5.74, 6) is -1.37. The Kier molecular flexibility index (Phi) is 7.00. The Hall–Kier alpha value is -2.90. The second-order valence-corrected chi connectivity index (χ2v) is 7.32. The van der Waals surface area contributed by atoms with E-state index in [1.165, 1.54) is 24.3 Å². The molecule has 0 heterocycles. The molecule has 2 rings (SSSR count). The molecule has 0 bridgehead atoms. The summed E-state index contributed by atoms with van der Waals surface area (Å²) >= 11 is 0. The van der Waals surface area contributed by atoms with E-state index in [4.69, 9.17) is 0 Å². The van der Waals surface area contributed by atoms with Crippen molar-refractivity contribution in [3.8, 4) is 0 Å². The van der Waals surface area contributed by atoms with Crippen LogP contribution in [-0.4, -0.2) is 24.9 Å². The molecule has 0 aliphatic rings. The monoisotopic (exact) mass is 410 g/mol. The highest BCUT2D eigenvalue weighted by Gasteiger charge is 2.32. The summed E-state index contributed by atoms with van der Waals surface area (Å²) in [5.41, 5.74) is -0.585. The molecule has 0 unspecified atom stereocenters. The van der Waals surface area contributed by atoms with Gasteiger partial charge in [-0.3, -0.25) is 9.59 Å². The molecule has 2 aromatic rings. The van der Waals surface area contributed by atoms with Crippen LogP contribution in [-0.2, 0) is 27.6 Å². The number of rotatable bonds is 7. The molecule has 0 saturated carbocycles. The number of hydrogen-bond donors (Lipinski definition) is 2. The van der Waals surface area contributed by atoms with Crippen molar-refractivity contribution in [2.45, 2.75) is 31.9 Å². The van der Waals surface area contributed by atoms with Gasteiger partial charge >= 0.3 is 6.18 Å². The van der Waals surface area contributed by atoms with Gasteiger partial charge in [-0.05, 0) is 29.3 Å². The number of nitrogens with one attached hydrogen (secondary N) is 2. The molecule has 0 spiro atoms. The normalized spacial score (nSPS) is 11.8. The second-order valence-electron chi connectivity index (χ2n) is 7.32. The minimum atomic E-state index is -4.44. The van der Waals surface area contributed by atoms with E-state index in [-0.39, 0.29) is 19.5 Å². The zero-order valence-corrected chi connectivity index (χ0v) is 16.1. The number of halogens is 4. The molecule has 156 valence electrons. The lowest BCUT2D eigenvalue weighted by molar-refractivity contribution is -0.137. The zero-order chi connectivity index (χ0) is 21.7. The van der Waals surface area contributed by atoms with Crippen molar-refractivity contribution < 1.29 is 27.2 Å². The largest absolute Gasteiger partial charge is 0.416 e. The summed E-state index contributed by atoms with van der Waals surface area (Å²) in [5, 5.41) is 5.05. The lowest BCUT2D eigenvalue weighted by atomic mass is 9.83. The van der Waals surface area contributed by atoms with Crippen LogP contribution in [0.5, 0.6) is 0 Å². The third kappa shape index (κ3) is 6.89. The molecule has 0 atom stereocenters. The Morgan fingerprint density at radius 3 is 2.21 bits per heavy atom. The van der Waals surface area contributed by atoms with Gasteiger partial charge in [0.25, 0.3) is 0 Å². The SMILES string of the molecule is CC(C)(CNC(=O)CNC(=O)Cc1cccc(F)c1)c1cccc(C(F)(F)F)c1. The number of alkyl halides is 3. The van der Waals surface area contributed by atoms with Crippen LogP contribution in [0, 0.1) is 5.82 Å². The lowest BCUT2D eigenvalue weighted by Crippen LogP contribution is -2.42. The van der Waals surface area contributed by atoms with Crippen LogP contribution in [0.4, 0.5) is 17.6 Å². The van der Waals surface area contributed by atoms with E-state index in [9.17, 15) is 27.2 Å². The maximum atomic E-state index is 13.1. The smallest absolute Gasteiger partial charge is 0.354 e. The maximum absolute atomic E-state index is 13.1. The van der Waals surface area contributed by atoms with Crippen molar-refractivity contribution in [2.75, 3.05) is 13.1 Å². The third-order valence-electron chi connectivity index (χ3n) is 4.40. The number of carbonyl (C=O) groups excluding carboxylic acids is 2. The topological polar surface area (TPSA) is 58.2 Å². The fourth-order valence-electron chi connectivity index (χ4n) is 2.67. The molecular formula is C21H22F4N2O2. The van der Waals surface area contributed by atoms with Crippen LogP contribution in [0.1, 0.15) is 30.5 Å². The van der Waals surface area contributed by atoms with Crippen molar-refractivity contribution in [1.82, 2.24) is 10.6 Å². The van der Waals surface area contributed by atoms with E-state index in [1.54, 1.807) is 26.0 Å². The molecule has 0 radical (unpaired) electrons. The first-order chi connectivity index (χ1) is 13.5. The van der Waals surface area contributed by atoms with Gasteiger partial charge < -0.3 is 10.6 Å². The first kappa shape index (κ1) is 22.4. The molecule has 0 aliphatic heterocycles. The standard InChI is InChI=1S/C21H22F4N2O2/c1-20(2,15-6-4-7-16(11-15)21(23,24)25)13-27-19(29)12-26-18(28)10-14-5-3-8-17(22)9-14/h3-9,11H,10,12-13H2,1-2H3,(H,26,28)(H,27,29). The first-order valence-corrected chi connectivity index (χ1v) is 8.93. The minimum Gasteiger partial charge on any atom is -0.354 e. The molecule has 29 heavy (non-hydrogen) atoms. The van der Waals surface area contributed by atoms with E-state index in [1.807, 2.05) is 0 Å². The molecule has 2 aromatic carbocycles. The van der Waals surface area contributed by atoms with Crippen molar-refractivity contribution in [3.63, 3.8) is 0 Å². The average Bonchev–Trinajstić information content (AvgIpc) is 2.64. The maximum Gasteiger partial charge on any atom is 0.416 e. The van der Waals surface area contributed by atoms with Crippen LogP contribution in [0.2, 0.25) is 0 Å². The summed E-state index contributed by atoms with van der Waals surface area (Å²) < 4.78 is 51.8. The van der Waals surface area contributed by atoms with Crippen LogP contribution in [0.25, 0.3) is 0 Å². The van der Waals surface area contributed by atoms with Gasteiger partial charge in [0.2, 0.25) is 11.8 Å². The van der Waals surface area contributed by atoms with Gasteiger partial charge in [-0.2, -0.15) is 13.2 Å². The van der Waals surface area contributed by atoms with Crippen molar-refractivity contribution in [2.24, 2.45) is 0 Å². The quantitative estimate of drug-likeness (QED) is 0.686. The van der Waals surface area contributed by atoms with E-state index in [0.717, 1.165) is 12.1 Å². The predicted molar refractivity (Wildman–Crippen MR) is 101 cm³/mol. The third-order valence-corrected chi connectivity index (χ3v) is 4.40. The molecule has 0 fully saturated rings.